The molecule has 1 amide bonds. The highest BCUT2D eigenvalue weighted by atomic mass is 19.1. The minimum Gasteiger partial charge on any atom is -0.380 e. The maximum Gasteiger partial charge on any atom is 0.295 e. The fraction of sp³-hybridized carbons (Fsp3) is 0.611. The van der Waals surface area contributed by atoms with E-state index < -0.39 is 10.7 Å². The van der Waals surface area contributed by atoms with Crippen molar-refractivity contribution in [3.63, 3.8) is 0 Å². The number of benzene rings is 1. The summed E-state index contributed by atoms with van der Waals surface area (Å²) in [4.78, 5) is 26.3. The Balaban J connectivity index is 1.76. The number of nitro benzene ring substituents is 1. The van der Waals surface area contributed by atoms with Gasteiger partial charge in [-0.1, -0.05) is 6.92 Å². The molecule has 1 aromatic rings. The highest BCUT2D eigenvalue weighted by Crippen LogP contribution is 2.34. The van der Waals surface area contributed by atoms with Gasteiger partial charge in [0, 0.05) is 45.8 Å². The Hall–Kier alpha value is -2.42. The number of piperazine rings is 1. The van der Waals surface area contributed by atoms with Crippen molar-refractivity contribution in [3.8, 4) is 0 Å². The van der Waals surface area contributed by atoms with Crippen LogP contribution in [0.5, 0.6) is 0 Å². The molecule has 2 fully saturated rings. The van der Waals surface area contributed by atoms with E-state index in [1.165, 1.54) is 6.07 Å². The predicted molar refractivity (Wildman–Crippen MR) is 99.6 cm³/mol. The third-order valence-electron chi connectivity index (χ3n) is 5.08. The number of nitrogens with one attached hydrogen (secondary N) is 1. The largest absolute Gasteiger partial charge is 0.380 e. The van der Waals surface area contributed by atoms with E-state index in [4.69, 9.17) is 4.74 Å². The fourth-order valence-electron chi connectivity index (χ4n) is 3.54. The molecule has 0 radical (unpaired) electrons. The van der Waals surface area contributed by atoms with Crippen LogP contribution in [0.4, 0.5) is 21.5 Å². The van der Waals surface area contributed by atoms with Gasteiger partial charge in [-0.05, 0) is 18.9 Å². The van der Waals surface area contributed by atoms with Crippen LogP contribution in [-0.4, -0.2) is 61.2 Å². The standard InChI is InChI=1S/C18H25FN4O4/c1-2-18(24)22-7-5-21(6-8-22)16-11-15(14(19)10-17(16)23(25)26)20-12-13-4-3-9-27-13/h10-11,13,20H,2-9,12H2,1H3/t13-/m1/s1. The lowest BCUT2D eigenvalue weighted by Crippen LogP contribution is -2.48. The van der Waals surface area contributed by atoms with Crippen molar-refractivity contribution in [1.82, 2.24) is 4.90 Å². The van der Waals surface area contributed by atoms with Crippen LogP contribution in [0.1, 0.15) is 26.2 Å². The van der Waals surface area contributed by atoms with E-state index in [0.29, 0.717) is 51.4 Å². The normalized spacial score (nSPS) is 20.0. The molecular weight excluding hydrogens is 355 g/mol. The van der Waals surface area contributed by atoms with Gasteiger partial charge in [-0.25, -0.2) is 4.39 Å². The summed E-state index contributed by atoms with van der Waals surface area (Å²) in [6.07, 6.45) is 2.38. The summed E-state index contributed by atoms with van der Waals surface area (Å²) in [5.74, 6) is -0.578. The molecule has 0 aromatic heterocycles. The number of nitrogens with zero attached hydrogens (tertiary/aromatic N) is 3. The van der Waals surface area contributed by atoms with E-state index in [-0.39, 0.29) is 23.4 Å². The minimum atomic E-state index is -0.650. The van der Waals surface area contributed by atoms with Crippen LogP contribution in [0.15, 0.2) is 12.1 Å². The van der Waals surface area contributed by atoms with Gasteiger partial charge in [-0.2, -0.15) is 0 Å². The van der Waals surface area contributed by atoms with Crippen LogP contribution < -0.4 is 10.2 Å². The Morgan fingerprint density at radius 1 is 1.37 bits per heavy atom. The molecule has 0 spiro atoms. The van der Waals surface area contributed by atoms with E-state index in [2.05, 4.69) is 5.32 Å². The van der Waals surface area contributed by atoms with Crippen molar-refractivity contribution in [2.45, 2.75) is 32.3 Å². The van der Waals surface area contributed by atoms with Gasteiger partial charge in [0.2, 0.25) is 5.91 Å². The quantitative estimate of drug-likeness (QED) is 0.602. The second-order valence-electron chi connectivity index (χ2n) is 6.82. The number of amides is 1. The lowest BCUT2D eigenvalue weighted by molar-refractivity contribution is -0.384. The van der Waals surface area contributed by atoms with Gasteiger partial charge >= 0.3 is 0 Å². The molecule has 27 heavy (non-hydrogen) atoms. The first-order chi connectivity index (χ1) is 13.0. The Kier molecular flexibility index (Phi) is 6.10. The van der Waals surface area contributed by atoms with Gasteiger partial charge in [-0.15, -0.1) is 0 Å². The molecule has 1 aromatic carbocycles. The van der Waals surface area contributed by atoms with Crippen molar-refractivity contribution in [1.29, 1.82) is 0 Å². The van der Waals surface area contributed by atoms with Crippen LogP contribution in [0.25, 0.3) is 0 Å². The Morgan fingerprint density at radius 2 is 2.11 bits per heavy atom. The second kappa shape index (κ2) is 8.51. The van der Waals surface area contributed by atoms with Crippen LogP contribution in [0.3, 0.4) is 0 Å². The summed E-state index contributed by atoms with van der Waals surface area (Å²) in [6.45, 7) is 4.94. The average molecular weight is 380 g/mol. The molecule has 2 heterocycles. The second-order valence-corrected chi connectivity index (χ2v) is 6.82. The van der Waals surface area contributed by atoms with Crippen molar-refractivity contribution < 1.29 is 18.8 Å². The SMILES string of the molecule is CCC(=O)N1CCN(c2cc(NC[C@H]3CCCO3)c(F)cc2[N+](=O)[O-])CC1. The van der Waals surface area contributed by atoms with Crippen LogP contribution in [0.2, 0.25) is 0 Å². The summed E-state index contributed by atoms with van der Waals surface area (Å²) in [5, 5.41) is 14.4. The Labute approximate surface area is 157 Å². The van der Waals surface area contributed by atoms with E-state index >= 15 is 0 Å². The Morgan fingerprint density at radius 3 is 2.70 bits per heavy atom. The zero-order chi connectivity index (χ0) is 19.4. The topological polar surface area (TPSA) is 88.0 Å². The summed E-state index contributed by atoms with van der Waals surface area (Å²) in [6, 6.07) is 2.47. The zero-order valence-electron chi connectivity index (χ0n) is 15.4. The molecule has 2 aliphatic heterocycles. The van der Waals surface area contributed by atoms with Gasteiger partial charge in [0.05, 0.1) is 22.8 Å². The van der Waals surface area contributed by atoms with Crippen molar-refractivity contribution >= 4 is 23.0 Å². The molecule has 2 aliphatic rings. The third kappa shape index (κ3) is 4.47. The number of hydrogen-bond donors (Lipinski definition) is 1. The molecule has 0 bridgehead atoms. The predicted octanol–water partition coefficient (Wildman–Crippen LogP) is 2.38. The molecule has 8 nitrogen and oxygen atoms in total. The highest BCUT2D eigenvalue weighted by molar-refractivity contribution is 5.76. The summed E-state index contributed by atoms with van der Waals surface area (Å²) < 4.78 is 19.9. The zero-order valence-corrected chi connectivity index (χ0v) is 15.4. The molecule has 0 unspecified atom stereocenters. The summed E-state index contributed by atoms with van der Waals surface area (Å²) in [5.41, 5.74) is 0.350. The van der Waals surface area contributed by atoms with E-state index in [9.17, 15) is 19.3 Å². The van der Waals surface area contributed by atoms with Crippen molar-refractivity contribution in [2.75, 3.05) is 49.5 Å². The lowest BCUT2D eigenvalue weighted by atomic mass is 10.1. The molecule has 148 valence electrons. The number of carbonyl (C=O) groups excluding carboxylic acids is 1. The summed E-state index contributed by atoms with van der Waals surface area (Å²) in [7, 11) is 0. The van der Waals surface area contributed by atoms with Crippen molar-refractivity contribution in [3.05, 3.63) is 28.1 Å². The van der Waals surface area contributed by atoms with Gasteiger partial charge in [-0.3, -0.25) is 14.9 Å². The number of carbonyl (C=O) groups is 1. The van der Waals surface area contributed by atoms with Gasteiger partial charge in [0.15, 0.2) is 5.82 Å². The summed E-state index contributed by atoms with van der Waals surface area (Å²) >= 11 is 0. The molecular formula is C18H25FN4O4. The number of anilines is 2. The maximum atomic E-state index is 14.4. The fourth-order valence-corrected chi connectivity index (χ4v) is 3.54. The number of nitro groups is 1. The molecule has 3 rings (SSSR count). The average Bonchev–Trinajstić information content (AvgIpc) is 3.20. The first-order valence-corrected chi connectivity index (χ1v) is 9.35. The smallest absolute Gasteiger partial charge is 0.295 e. The molecule has 1 N–H and O–H groups in total. The van der Waals surface area contributed by atoms with Crippen LogP contribution >= 0.6 is 0 Å². The lowest BCUT2D eigenvalue weighted by Gasteiger charge is -2.36. The van der Waals surface area contributed by atoms with Crippen LogP contribution in [-0.2, 0) is 9.53 Å². The van der Waals surface area contributed by atoms with Crippen LogP contribution in [0, 0.1) is 15.9 Å². The molecule has 0 aliphatic carbocycles. The number of ether oxygens (including phenoxy) is 1. The number of halogens is 1. The monoisotopic (exact) mass is 380 g/mol. The maximum absolute atomic E-state index is 14.4. The Bertz CT molecular complexity index is 701. The molecule has 9 heteroatoms. The first kappa shape index (κ1) is 19.3. The van der Waals surface area contributed by atoms with Gasteiger partial charge < -0.3 is 19.9 Å². The van der Waals surface area contributed by atoms with E-state index in [0.717, 1.165) is 18.9 Å². The molecule has 2 saturated heterocycles. The minimum absolute atomic E-state index is 0.0339. The van der Waals surface area contributed by atoms with Crippen molar-refractivity contribution in [2.24, 2.45) is 0 Å². The number of rotatable bonds is 6. The van der Waals surface area contributed by atoms with Gasteiger partial charge in [0.25, 0.3) is 5.69 Å². The highest BCUT2D eigenvalue weighted by Gasteiger charge is 2.27. The number of hydrogen-bond acceptors (Lipinski definition) is 6. The third-order valence-corrected chi connectivity index (χ3v) is 5.08. The first-order valence-electron chi connectivity index (χ1n) is 9.35. The molecule has 1 atom stereocenters. The van der Waals surface area contributed by atoms with E-state index in [1.54, 1.807) is 4.90 Å². The van der Waals surface area contributed by atoms with E-state index in [1.807, 2.05) is 11.8 Å². The molecule has 0 saturated carbocycles. The van der Waals surface area contributed by atoms with Gasteiger partial charge in [0.1, 0.15) is 5.69 Å².